The van der Waals surface area contributed by atoms with Crippen molar-refractivity contribution < 1.29 is 8.78 Å². The molecule has 0 aromatic heterocycles. The third kappa shape index (κ3) is 2.69. The maximum absolute atomic E-state index is 13.5. The Labute approximate surface area is 122 Å². The predicted octanol–water partition coefficient (Wildman–Crippen LogP) is 4.54. The fourth-order valence-corrected chi connectivity index (χ4v) is 2.58. The number of nitrogens with one attached hydrogen (secondary N) is 1. The SMILES string of the molecule is CNC(c1cc(F)c(F)cc1Cl)c1cccc(C)c1C. The fraction of sp³-hybridized carbons (Fsp3) is 0.250. The van der Waals surface area contributed by atoms with E-state index in [9.17, 15) is 8.78 Å². The van der Waals surface area contributed by atoms with Crippen LogP contribution in [0.2, 0.25) is 5.02 Å². The molecule has 0 fully saturated rings. The van der Waals surface area contributed by atoms with Crippen LogP contribution in [0, 0.1) is 25.5 Å². The normalized spacial score (nSPS) is 12.5. The van der Waals surface area contributed by atoms with Crippen LogP contribution in [0.25, 0.3) is 0 Å². The van der Waals surface area contributed by atoms with Crippen LogP contribution in [0.5, 0.6) is 0 Å². The van der Waals surface area contributed by atoms with Crippen molar-refractivity contribution in [1.82, 2.24) is 5.32 Å². The van der Waals surface area contributed by atoms with Crippen molar-refractivity contribution in [2.45, 2.75) is 19.9 Å². The lowest BCUT2D eigenvalue weighted by Crippen LogP contribution is -2.20. The molecule has 2 aromatic carbocycles. The molecule has 1 atom stereocenters. The van der Waals surface area contributed by atoms with E-state index in [4.69, 9.17) is 11.6 Å². The second kappa shape index (κ2) is 5.90. The molecule has 0 amide bonds. The Morgan fingerprint density at radius 2 is 1.70 bits per heavy atom. The van der Waals surface area contributed by atoms with Crippen molar-refractivity contribution in [3.8, 4) is 0 Å². The van der Waals surface area contributed by atoms with Gasteiger partial charge in [-0.1, -0.05) is 29.8 Å². The van der Waals surface area contributed by atoms with Gasteiger partial charge >= 0.3 is 0 Å². The summed E-state index contributed by atoms with van der Waals surface area (Å²) in [6.45, 7) is 4.02. The van der Waals surface area contributed by atoms with Gasteiger partial charge in [-0.25, -0.2) is 8.78 Å². The van der Waals surface area contributed by atoms with Gasteiger partial charge in [0.15, 0.2) is 11.6 Å². The Morgan fingerprint density at radius 1 is 1.05 bits per heavy atom. The molecule has 0 saturated heterocycles. The summed E-state index contributed by atoms with van der Waals surface area (Å²) in [6.07, 6.45) is 0. The number of hydrogen-bond acceptors (Lipinski definition) is 1. The zero-order valence-corrected chi connectivity index (χ0v) is 12.4. The average Bonchev–Trinajstić information content (AvgIpc) is 2.41. The van der Waals surface area contributed by atoms with Crippen LogP contribution >= 0.6 is 11.6 Å². The topological polar surface area (TPSA) is 12.0 Å². The quantitative estimate of drug-likeness (QED) is 0.820. The molecule has 2 rings (SSSR count). The molecule has 0 saturated carbocycles. The highest BCUT2D eigenvalue weighted by atomic mass is 35.5. The largest absolute Gasteiger partial charge is 0.309 e. The summed E-state index contributed by atoms with van der Waals surface area (Å²) in [7, 11) is 1.77. The van der Waals surface area contributed by atoms with Crippen molar-refractivity contribution in [3.05, 3.63) is 69.2 Å². The van der Waals surface area contributed by atoms with Gasteiger partial charge in [-0.05, 0) is 55.3 Å². The van der Waals surface area contributed by atoms with Crippen LogP contribution in [-0.2, 0) is 0 Å². The van der Waals surface area contributed by atoms with E-state index >= 15 is 0 Å². The molecule has 0 heterocycles. The number of hydrogen-bond donors (Lipinski definition) is 1. The minimum atomic E-state index is -0.936. The number of rotatable bonds is 3. The molecule has 0 radical (unpaired) electrons. The van der Waals surface area contributed by atoms with E-state index < -0.39 is 11.6 Å². The molecule has 1 nitrogen and oxygen atoms in total. The van der Waals surface area contributed by atoms with Gasteiger partial charge in [0.1, 0.15) is 0 Å². The zero-order valence-electron chi connectivity index (χ0n) is 11.6. The minimum Gasteiger partial charge on any atom is -0.309 e. The smallest absolute Gasteiger partial charge is 0.160 e. The molecule has 0 aliphatic rings. The highest BCUT2D eigenvalue weighted by molar-refractivity contribution is 6.31. The van der Waals surface area contributed by atoms with Gasteiger partial charge in [0.25, 0.3) is 0 Å². The summed E-state index contributed by atoms with van der Waals surface area (Å²) < 4.78 is 26.7. The molecule has 1 N–H and O–H groups in total. The van der Waals surface area contributed by atoms with E-state index in [0.29, 0.717) is 5.56 Å². The standard InChI is InChI=1S/C16H16ClF2N/c1-9-5-4-6-11(10(9)2)16(20-3)12-7-14(18)15(19)8-13(12)17/h4-8,16,20H,1-3H3. The first-order valence-corrected chi connectivity index (χ1v) is 6.71. The molecular weight excluding hydrogens is 280 g/mol. The summed E-state index contributed by atoms with van der Waals surface area (Å²) >= 11 is 6.07. The molecule has 106 valence electrons. The van der Waals surface area contributed by atoms with E-state index in [1.165, 1.54) is 0 Å². The van der Waals surface area contributed by atoms with E-state index in [2.05, 4.69) is 5.32 Å². The van der Waals surface area contributed by atoms with Crippen LogP contribution in [-0.4, -0.2) is 7.05 Å². The minimum absolute atomic E-state index is 0.212. The molecular formula is C16H16ClF2N. The third-order valence-electron chi connectivity index (χ3n) is 3.60. The highest BCUT2D eigenvalue weighted by Gasteiger charge is 2.20. The first kappa shape index (κ1) is 14.9. The average molecular weight is 296 g/mol. The van der Waals surface area contributed by atoms with Gasteiger partial charge in [0.2, 0.25) is 0 Å². The van der Waals surface area contributed by atoms with Gasteiger partial charge in [-0.15, -0.1) is 0 Å². The van der Waals surface area contributed by atoms with Gasteiger partial charge in [-0.2, -0.15) is 0 Å². The van der Waals surface area contributed by atoms with Gasteiger partial charge in [0.05, 0.1) is 6.04 Å². The lowest BCUT2D eigenvalue weighted by molar-refractivity contribution is 0.505. The van der Waals surface area contributed by atoms with Gasteiger partial charge < -0.3 is 5.32 Å². The lowest BCUT2D eigenvalue weighted by atomic mass is 9.92. The first-order valence-electron chi connectivity index (χ1n) is 6.33. The third-order valence-corrected chi connectivity index (χ3v) is 3.92. The summed E-state index contributed by atoms with van der Waals surface area (Å²) in [5.41, 5.74) is 3.77. The summed E-state index contributed by atoms with van der Waals surface area (Å²) in [6, 6.07) is 7.80. The second-order valence-electron chi connectivity index (χ2n) is 4.80. The van der Waals surface area contributed by atoms with E-state index in [0.717, 1.165) is 28.8 Å². The Morgan fingerprint density at radius 3 is 2.35 bits per heavy atom. The second-order valence-corrected chi connectivity index (χ2v) is 5.21. The van der Waals surface area contributed by atoms with E-state index in [1.807, 2.05) is 32.0 Å². The van der Waals surface area contributed by atoms with Gasteiger partial charge in [0, 0.05) is 5.02 Å². The molecule has 2 aromatic rings. The molecule has 0 aliphatic carbocycles. The van der Waals surface area contributed by atoms with E-state index in [1.54, 1.807) is 7.05 Å². The molecule has 1 unspecified atom stereocenters. The van der Waals surface area contributed by atoms with E-state index in [-0.39, 0.29) is 11.1 Å². The molecule has 4 heteroatoms. The van der Waals surface area contributed by atoms with Crippen molar-refractivity contribution in [2.75, 3.05) is 7.05 Å². The predicted molar refractivity (Wildman–Crippen MR) is 78.2 cm³/mol. The zero-order chi connectivity index (χ0) is 14.9. The van der Waals surface area contributed by atoms with Crippen molar-refractivity contribution in [2.24, 2.45) is 0 Å². The van der Waals surface area contributed by atoms with Crippen molar-refractivity contribution in [3.63, 3.8) is 0 Å². The monoisotopic (exact) mass is 295 g/mol. The Hall–Kier alpha value is -1.45. The highest BCUT2D eigenvalue weighted by Crippen LogP contribution is 2.32. The molecule has 0 spiro atoms. The molecule has 0 bridgehead atoms. The molecule has 0 aliphatic heterocycles. The summed E-state index contributed by atoms with van der Waals surface area (Å²) in [5.74, 6) is -1.83. The maximum atomic E-state index is 13.5. The summed E-state index contributed by atoms with van der Waals surface area (Å²) in [4.78, 5) is 0. The number of benzene rings is 2. The van der Waals surface area contributed by atoms with Crippen molar-refractivity contribution in [1.29, 1.82) is 0 Å². The van der Waals surface area contributed by atoms with Crippen LogP contribution in [0.15, 0.2) is 30.3 Å². The Bertz CT molecular complexity index is 641. The van der Waals surface area contributed by atoms with Crippen LogP contribution in [0.4, 0.5) is 8.78 Å². The van der Waals surface area contributed by atoms with Crippen LogP contribution in [0.1, 0.15) is 28.3 Å². The van der Waals surface area contributed by atoms with Crippen molar-refractivity contribution >= 4 is 11.6 Å². The number of aryl methyl sites for hydroxylation is 1. The van der Waals surface area contributed by atoms with Gasteiger partial charge in [-0.3, -0.25) is 0 Å². The maximum Gasteiger partial charge on any atom is 0.160 e. The summed E-state index contributed by atoms with van der Waals surface area (Å²) in [5, 5.41) is 3.33. The van der Waals surface area contributed by atoms with Crippen LogP contribution in [0.3, 0.4) is 0 Å². The fourth-order valence-electron chi connectivity index (χ4n) is 2.32. The molecule has 20 heavy (non-hydrogen) atoms. The Kier molecular flexibility index (Phi) is 4.41. The van der Waals surface area contributed by atoms with Crippen LogP contribution < -0.4 is 5.32 Å². The Balaban J connectivity index is 2.58. The first-order chi connectivity index (χ1) is 9.45. The lowest BCUT2D eigenvalue weighted by Gasteiger charge is -2.21. The number of halogens is 3.